The van der Waals surface area contributed by atoms with E-state index in [1.54, 1.807) is 13.8 Å². The molecule has 2 N–H and O–H groups in total. The second kappa shape index (κ2) is 9.28. The molecule has 0 radical (unpaired) electrons. The molecule has 1 saturated heterocycles. The summed E-state index contributed by atoms with van der Waals surface area (Å²) in [5.74, 6) is -0.964. The van der Waals surface area contributed by atoms with Crippen molar-refractivity contribution in [3.63, 3.8) is 0 Å². The number of likely N-dealkylation sites (N-methyl/N-ethyl adjacent to an activating group) is 1. The molecule has 3 aliphatic rings. The van der Waals surface area contributed by atoms with Crippen molar-refractivity contribution < 1.29 is 32.3 Å². The van der Waals surface area contributed by atoms with Crippen molar-refractivity contribution in [2.75, 3.05) is 26.2 Å². The highest BCUT2D eigenvalue weighted by Crippen LogP contribution is 2.41. The fourth-order valence-electron chi connectivity index (χ4n) is 4.71. The lowest BCUT2D eigenvalue weighted by atomic mass is 9.91. The Labute approximate surface area is 195 Å². The molecule has 184 valence electrons. The number of rotatable bonds is 6. The van der Waals surface area contributed by atoms with Gasteiger partial charge in [0.25, 0.3) is 5.91 Å². The van der Waals surface area contributed by atoms with Crippen LogP contribution in [0.15, 0.2) is 35.5 Å². The van der Waals surface area contributed by atoms with Gasteiger partial charge in [-0.15, -0.1) is 0 Å². The highest BCUT2D eigenvalue weighted by Gasteiger charge is 2.47. The minimum Gasteiger partial charge on any atom is -0.376 e. The van der Waals surface area contributed by atoms with Gasteiger partial charge in [-0.2, -0.15) is 13.2 Å². The molecular formula is C23H27F3N4O4. The number of carbonyl (C=O) groups is 3. The second-order valence-electron chi connectivity index (χ2n) is 8.56. The van der Waals surface area contributed by atoms with Crippen LogP contribution in [0.1, 0.15) is 43.9 Å². The van der Waals surface area contributed by atoms with E-state index in [-0.39, 0.29) is 30.3 Å². The van der Waals surface area contributed by atoms with Gasteiger partial charge in [-0.1, -0.05) is 18.2 Å². The maximum atomic E-state index is 13.7. The fourth-order valence-corrected chi connectivity index (χ4v) is 4.71. The third-order valence-corrected chi connectivity index (χ3v) is 6.52. The number of nitrogens with zero attached hydrogens (tertiary/aromatic N) is 2. The third kappa shape index (κ3) is 4.36. The van der Waals surface area contributed by atoms with Crippen molar-refractivity contribution in [1.82, 2.24) is 20.4 Å². The number of benzene rings is 1. The minimum atomic E-state index is -4.67. The molecule has 0 spiro atoms. The molecule has 3 aliphatic heterocycles. The molecule has 1 aromatic carbocycles. The molecule has 1 aromatic rings. The van der Waals surface area contributed by atoms with Gasteiger partial charge in [0, 0.05) is 19.7 Å². The van der Waals surface area contributed by atoms with Crippen molar-refractivity contribution in [3.8, 4) is 0 Å². The molecular weight excluding hydrogens is 453 g/mol. The van der Waals surface area contributed by atoms with Gasteiger partial charge in [-0.3, -0.25) is 14.5 Å². The van der Waals surface area contributed by atoms with Crippen LogP contribution >= 0.6 is 0 Å². The topological polar surface area (TPSA) is 91.0 Å². The van der Waals surface area contributed by atoms with Crippen molar-refractivity contribution in [2.45, 2.75) is 51.1 Å². The predicted molar refractivity (Wildman–Crippen MR) is 115 cm³/mol. The number of halogens is 3. The largest absolute Gasteiger partial charge is 0.416 e. The SMILES string of the molecule is CCN1C(=O)N[C@H](c2ccccc2C(F)(F)F)C2=C1CN([C@@H](C)C(=O)NC[C@H]1CCCO1)C2=O. The summed E-state index contributed by atoms with van der Waals surface area (Å²) in [6, 6.07) is 2.12. The number of nitrogens with one attached hydrogen (secondary N) is 2. The van der Waals surface area contributed by atoms with Crippen LogP contribution in [0.5, 0.6) is 0 Å². The van der Waals surface area contributed by atoms with Gasteiger partial charge in [-0.05, 0) is 38.3 Å². The zero-order chi connectivity index (χ0) is 24.6. The van der Waals surface area contributed by atoms with Crippen LogP contribution in [0.4, 0.5) is 18.0 Å². The number of hydrogen-bond acceptors (Lipinski definition) is 4. The Morgan fingerprint density at radius 3 is 2.68 bits per heavy atom. The normalized spacial score (nSPS) is 23.8. The first-order valence-corrected chi connectivity index (χ1v) is 11.3. The number of amides is 4. The van der Waals surface area contributed by atoms with Gasteiger partial charge in [0.15, 0.2) is 0 Å². The molecule has 0 aromatic heterocycles. The standard InChI is InChI=1S/C23H27F3N4O4/c1-3-29-17-12-30(13(2)20(31)27-11-14-7-6-10-34-14)21(32)18(17)19(28-22(29)33)15-8-4-5-9-16(15)23(24,25)26/h4-5,8-9,13-14,19H,3,6-7,10-12H2,1-2H3,(H,27,31)(H,28,33)/t13-,14+,19+/m0/s1. The lowest BCUT2D eigenvalue weighted by molar-refractivity contribution is -0.138. The quantitative estimate of drug-likeness (QED) is 0.655. The minimum absolute atomic E-state index is 0.0470. The van der Waals surface area contributed by atoms with E-state index in [2.05, 4.69) is 10.6 Å². The molecule has 3 heterocycles. The summed E-state index contributed by atoms with van der Waals surface area (Å²) < 4.78 is 46.6. The molecule has 0 unspecified atom stereocenters. The first-order valence-electron chi connectivity index (χ1n) is 11.3. The highest BCUT2D eigenvalue weighted by atomic mass is 19.4. The van der Waals surface area contributed by atoms with Crippen LogP contribution in [0.25, 0.3) is 0 Å². The number of ether oxygens (including phenoxy) is 1. The van der Waals surface area contributed by atoms with Crippen molar-refractivity contribution in [2.24, 2.45) is 0 Å². The number of hydrogen-bond donors (Lipinski definition) is 2. The number of alkyl halides is 3. The Morgan fingerprint density at radius 2 is 2.03 bits per heavy atom. The van der Waals surface area contributed by atoms with E-state index in [1.807, 2.05) is 0 Å². The molecule has 3 atom stereocenters. The van der Waals surface area contributed by atoms with Crippen molar-refractivity contribution >= 4 is 17.8 Å². The monoisotopic (exact) mass is 480 g/mol. The van der Waals surface area contributed by atoms with E-state index >= 15 is 0 Å². The fraction of sp³-hybridized carbons (Fsp3) is 0.522. The molecule has 0 aliphatic carbocycles. The molecule has 4 rings (SSSR count). The highest BCUT2D eigenvalue weighted by molar-refractivity contribution is 6.03. The van der Waals surface area contributed by atoms with Gasteiger partial charge in [0.05, 0.1) is 35.5 Å². The lowest BCUT2D eigenvalue weighted by Crippen LogP contribution is -2.48. The van der Waals surface area contributed by atoms with Crippen molar-refractivity contribution in [3.05, 3.63) is 46.7 Å². The Morgan fingerprint density at radius 1 is 1.29 bits per heavy atom. The average Bonchev–Trinajstić information content (AvgIpc) is 3.44. The molecule has 0 saturated carbocycles. The van der Waals surface area contributed by atoms with E-state index < -0.39 is 41.7 Å². The van der Waals surface area contributed by atoms with E-state index in [4.69, 9.17) is 4.74 Å². The Balaban J connectivity index is 1.62. The summed E-state index contributed by atoms with van der Waals surface area (Å²) >= 11 is 0. The molecule has 0 bridgehead atoms. The van der Waals surface area contributed by atoms with Crippen LogP contribution in [0, 0.1) is 0 Å². The Hall–Kier alpha value is -3.08. The third-order valence-electron chi connectivity index (χ3n) is 6.52. The summed E-state index contributed by atoms with van der Waals surface area (Å²) in [5, 5.41) is 5.35. The van der Waals surface area contributed by atoms with Gasteiger partial charge in [-0.25, -0.2) is 4.79 Å². The predicted octanol–water partition coefficient (Wildman–Crippen LogP) is 2.57. The van der Waals surface area contributed by atoms with Crippen LogP contribution in [-0.2, 0) is 20.5 Å². The molecule has 34 heavy (non-hydrogen) atoms. The first kappa shape index (κ1) is 24.1. The molecule has 4 amide bonds. The number of carbonyl (C=O) groups excluding carboxylic acids is 3. The van der Waals surface area contributed by atoms with E-state index in [0.29, 0.717) is 18.8 Å². The Kier molecular flexibility index (Phi) is 6.57. The molecule has 1 fully saturated rings. The van der Waals surface area contributed by atoms with E-state index in [0.717, 1.165) is 18.9 Å². The summed E-state index contributed by atoms with van der Waals surface area (Å²) in [6.45, 7) is 4.41. The lowest BCUT2D eigenvalue weighted by Gasteiger charge is -2.33. The van der Waals surface area contributed by atoms with Crippen LogP contribution in [-0.4, -0.2) is 66.0 Å². The van der Waals surface area contributed by atoms with Crippen LogP contribution in [0.3, 0.4) is 0 Å². The van der Waals surface area contributed by atoms with E-state index in [9.17, 15) is 27.6 Å². The molecule has 11 heteroatoms. The summed E-state index contributed by atoms with van der Waals surface area (Å²) in [6.07, 6.45) is -2.98. The van der Waals surface area contributed by atoms with E-state index in [1.165, 1.54) is 28.0 Å². The summed E-state index contributed by atoms with van der Waals surface area (Å²) in [7, 11) is 0. The first-order chi connectivity index (χ1) is 16.1. The van der Waals surface area contributed by atoms with Gasteiger partial charge in [0.1, 0.15) is 6.04 Å². The summed E-state index contributed by atoms with van der Waals surface area (Å²) in [4.78, 5) is 41.6. The number of urea groups is 1. The zero-order valence-electron chi connectivity index (χ0n) is 18.9. The Bertz CT molecular complexity index is 1020. The summed E-state index contributed by atoms with van der Waals surface area (Å²) in [5.41, 5.74) is -0.767. The van der Waals surface area contributed by atoms with Crippen LogP contribution < -0.4 is 10.6 Å². The van der Waals surface area contributed by atoms with Gasteiger partial charge in [0.2, 0.25) is 5.91 Å². The maximum absolute atomic E-state index is 13.7. The zero-order valence-corrected chi connectivity index (χ0v) is 18.9. The van der Waals surface area contributed by atoms with Crippen molar-refractivity contribution in [1.29, 1.82) is 0 Å². The maximum Gasteiger partial charge on any atom is 0.416 e. The molecule has 8 nitrogen and oxygen atoms in total. The smallest absolute Gasteiger partial charge is 0.376 e. The van der Waals surface area contributed by atoms with Gasteiger partial charge >= 0.3 is 12.2 Å². The average molecular weight is 480 g/mol. The van der Waals surface area contributed by atoms with Gasteiger partial charge < -0.3 is 20.3 Å². The van der Waals surface area contributed by atoms with Crippen LogP contribution in [0.2, 0.25) is 0 Å². The second-order valence-corrected chi connectivity index (χ2v) is 8.56.